The minimum atomic E-state index is -4.11. The molecule has 0 amide bonds. The van der Waals surface area contributed by atoms with Gasteiger partial charge in [0.1, 0.15) is 4.88 Å². The fourth-order valence-corrected chi connectivity index (χ4v) is 3.28. The van der Waals surface area contributed by atoms with E-state index in [1.807, 2.05) is 0 Å². The first-order chi connectivity index (χ1) is 8.72. The maximum atomic E-state index is 12.9. The standard InChI is InChI=1S/C9H12F2N2O4S2/c1-17-8(14)7-2-6(3-18-7)19(15,16)13-5-9(10,11)4-12/h2-3,13H,4-5,12H2,1H3. The van der Waals surface area contributed by atoms with E-state index >= 15 is 0 Å². The highest BCUT2D eigenvalue weighted by molar-refractivity contribution is 7.89. The molecule has 0 unspecified atom stereocenters. The van der Waals surface area contributed by atoms with E-state index in [1.165, 1.54) is 0 Å². The van der Waals surface area contributed by atoms with Crippen LogP contribution in [-0.4, -0.2) is 40.5 Å². The van der Waals surface area contributed by atoms with Gasteiger partial charge in [0.25, 0.3) is 5.92 Å². The van der Waals surface area contributed by atoms with Gasteiger partial charge in [-0.25, -0.2) is 26.7 Å². The van der Waals surface area contributed by atoms with Crippen LogP contribution in [-0.2, 0) is 14.8 Å². The van der Waals surface area contributed by atoms with Crippen molar-refractivity contribution < 1.29 is 26.7 Å². The molecule has 0 saturated carbocycles. The van der Waals surface area contributed by atoms with Crippen LogP contribution in [0.5, 0.6) is 0 Å². The molecule has 0 aliphatic heterocycles. The van der Waals surface area contributed by atoms with Gasteiger partial charge in [-0.3, -0.25) is 0 Å². The van der Waals surface area contributed by atoms with E-state index in [9.17, 15) is 22.0 Å². The zero-order valence-electron chi connectivity index (χ0n) is 9.85. The van der Waals surface area contributed by atoms with Crippen molar-refractivity contribution in [1.82, 2.24) is 4.72 Å². The van der Waals surface area contributed by atoms with E-state index in [4.69, 9.17) is 5.73 Å². The van der Waals surface area contributed by atoms with Crippen LogP contribution in [0.25, 0.3) is 0 Å². The van der Waals surface area contributed by atoms with E-state index < -0.39 is 35.0 Å². The van der Waals surface area contributed by atoms with Gasteiger partial charge in [0.15, 0.2) is 0 Å². The molecule has 0 bridgehead atoms. The second-order valence-corrected chi connectivity index (χ2v) is 6.20. The van der Waals surface area contributed by atoms with Gasteiger partial charge >= 0.3 is 5.97 Å². The van der Waals surface area contributed by atoms with Gasteiger partial charge in [0.05, 0.1) is 25.1 Å². The van der Waals surface area contributed by atoms with Crippen LogP contribution in [0.4, 0.5) is 8.78 Å². The van der Waals surface area contributed by atoms with Crippen LogP contribution in [0.1, 0.15) is 9.67 Å². The Hall–Kier alpha value is -1.10. The second kappa shape index (κ2) is 5.90. The number of alkyl halides is 2. The maximum Gasteiger partial charge on any atom is 0.348 e. The molecule has 1 aromatic rings. The number of rotatable bonds is 6. The second-order valence-electron chi connectivity index (χ2n) is 3.52. The molecule has 1 rings (SSSR count). The smallest absolute Gasteiger partial charge is 0.348 e. The van der Waals surface area contributed by atoms with Crippen molar-refractivity contribution in [3.8, 4) is 0 Å². The number of nitrogens with two attached hydrogens (primary N) is 1. The predicted octanol–water partition coefficient (Wildman–Crippen LogP) is 0.407. The molecule has 19 heavy (non-hydrogen) atoms. The minimum absolute atomic E-state index is 0.0634. The summed E-state index contributed by atoms with van der Waals surface area (Å²) in [4.78, 5) is 10.9. The summed E-state index contributed by atoms with van der Waals surface area (Å²) in [5, 5.41) is 1.16. The topological polar surface area (TPSA) is 98.5 Å². The molecule has 6 nitrogen and oxygen atoms in total. The third-order valence-corrected chi connectivity index (χ3v) is 4.53. The first kappa shape index (κ1) is 16.0. The molecule has 0 saturated heterocycles. The zero-order chi connectivity index (χ0) is 14.7. The van der Waals surface area contributed by atoms with Crippen molar-refractivity contribution in [2.24, 2.45) is 5.73 Å². The lowest BCUT2D eigenvalue weighted by Gasteiger charge is -2.14. The number of thiophene rings is 1. The Morgan fingerprint density at radius 3 is 2.74 bits per heavy atom. The highest BCUT2D eigenvalue weighted by atomic mass is 32.2. The molecular weight excluding hydrogens is 302 g/mol. The van der Waals surface area contributed by atoms with E-state index in [2.05, 4.69) is 4.74 Å². The van der Waals surface area contributed by atoms with Gasteiger partial charge in [-0.2, -0.15) is 0 Å². The van der Waals surface area contributed by atoms with Crippen LogP contribution in [0.3, 0.4) is 0 Å². The average Bonchev–Trinajstić information content (AvgIpc) is 2.86. The highest BCUT2D eigenvalue weighted by Crippen LogP contribution is 2.20. The van der Waals surface area contributed by atoms with Crippen molar-refractivity contribution in [2.45, 2.75) is 10.8 Å². The summed E-state index contributed by atoms with van der Waals surface area (Å²) in [6.45, 7) is -2.07. The maximum absolute atomic E-state index is 12.9. The van der Waals surface area contributed by atoms with Crippen LogP contribution in [0.15, 0.2) is 16.3 Å². The quantitative estimate of drug-likeness (QED) is 0.741. The van der Waals surface area contributed by atoms with Crippen molar-refractivity contribution in [2.75, 3.05) is 20.2 Å². The lowest BCUT2D eigenvalue weighted by atomic mass is 10.3. The molecule has 0 aromatic carbocycles. The molecule has 0 spiro atoms. The van der Waals surface area contributed by atoms with Crippen molar-refractivity contribution in [1.29, 1.82) is 0 Å². The Kier molecular flexibility index (Phi) is 4.96. The minimum Gasteiger partial charge on any atom is -0.465 e. The number of hydrogen-bond acceptors (Lipinski definition) is 6. The number of methoxy groups -OCH3 is 1. The fraction of sp³-hybridized carbons (Fsp3) is 0.444. The van der Waals surface area contributed by atoms with Crippen LogP contribution in [0.2, 0.25) is 0 Å². The molecule has 0 aliphatic carbocycles. The summed E-state index contributed by atoms with van der Waals surface area (Å²) in [5.74, 6) is -4.02. The lowest BCUT2D eigenvalue weighted by Crippen LogP contribution is -2.41. The number of esters is 1. The molecule has 0 atom stereocenters. The number of halogens is 2. The first-order valence-corrected chi connectivity index (χ1v) is 7.32. The summed E-state index contributed by atoms with van der Waals surface area (Å²) >= 11 is 0.842. The van der Waals surface area contributed by atoms with Gasteiger partial charge in [0.2, 0.25) is 10.0 Å². The number of carbonyl (C=O) groups excluding carboxylic acids is 1. The zero-order valence-corrected chi connectivity index (χ0v) is 11.5. The van der Waals surface area contributed by atoms with E-state index in [0.717, 1.165) is 29.9 Å². The van der Waals surface area contributed by atoms with Crippen molar-refractivity contribution in [3.05, 3.63) is 16.3 Å². The predicted molar refractivity (Wildman–Crippen MR) is 64.8 cm³/mol. The van der Waals surface area contributed by atoms with Gasteiger partial charge in [-0.15, -0.1) is 11.3 Å². The summed E-state index contributed by atoms with van der Waals surface area (Å²) in [7, 11) is -2.96. The largest absolute Gasteiger partial charge is 0.465 e. The number of nitrogens with one attached hydrogen (secondary N) is 1. The Balaban J connectivity index is 2.84. The van der Waals surface area contributed by atoms with Gasteiger partial charge in [-0.1, -0.05) is 0 Å². The van der Waals surface area contributed by atoms with E-state index in [0.29, 0.717) is 0 Å². The fourth-order valence-electron chi connectivity index (χ4n) is 1.02. The monoisotopic (exact) mass is 314 g/mol. The number of carbonyl (C=O) groups is 1. The molecular formula is C9H12F2N2O4S2. The number of ether oxygens (including phenoxy) is 1. The molecule has 0 aliphatic rings. The average molecular weight is 314 g/mol. The lowest BCUT2D eigenvalue weighted by molar-refractivity contribution is 0.0170. The van der Waals surface area contributed by atoms with Crippen LogP contribution in [0, 0.1) is 0 Å². The summed E-state index contributed by atoms with van der Waals surface area (Å²) in [6.07, 6.45) is 0. The Labute approximate surface area is 112 Å². The molecule has 0 radical (unpaired) electrons. The SMILES string of the molecule is COC(=O)c1cc(S(=O)(=O)NCC(F)(F)CN)cs1. The Morgan fingerprint density at radius 1 is 1.58 bits per heavy atom. The third-order valence-electron chi connectivity index (χ3n) is 2.09. The van der Waals surface area contributed by atoms with Gasteiger partial charge < -0.3 is 10.5 Å². The molecule has 3 N–H and O–H groups in total. The van der Waals surface area contributed by atoms with Crippen molar-refractivity contribution >= 4 is 27.3 Å². The molecule has 1 aromatic heterocycles. The van der Waals surface area contributed by atoms with Gasteiger partial charge in [0, 0.05) is 5.38 Å². The normalized spacial score (nSPS) is 12.4. The molecule has 108 valence electrons. The molecule has 10 heteroatoms. The Morgan fingerprint density at radius 2 is 2.21 bits per heavy atom. The van der Waals surface area contributed by atoms with Crippen LogP contribution >= 0.6 is 11.3 Å². The number of sulfonamides is 1. The summed E-state index contributed by atoms with van der Waals surface area (Å²) in [6, 6.07) is 1.05. The van der Waals surface area contributed by atoms with E-state index in [1.54, 1.807) is 4.72 Å². The van der Waals surface area contributed by atoms with E-state index in [-0.39, 0.29) is 9.77 Å². The highest BCUT2D eigenvalue weighted by Gasteiger charge is 2.30. The Bertz CT molecular complexity index is 556. The summed E-state index contributed by atoms with van der Waals surface area (Å²) in [5.41, 5.74) is 4.79. The molecule has 0 fully saturated rings. The number of hydrogen-bond donors (Lipinski definition) is 2. The van der Waals surface area contributed by atoms with Gasteiger partial charge in [-0.05, 0) is 6.07 Å². The summed E-state index contributed by atoms with van der Waals surface area (Å²) < 4.78 is 55.3. The van der Waals surface area contributed by atoms with Crippen LogP contribution < -0.4 is 10.5 Å². The van der Waals surface area contributed by atoms with Crippen molar-refractivity contribution in [3.63, 3.8) is 0 Å². The molecule has 1 heterocycles. The third kappa shape index (κ3) is 4.20. The first-order valence-electron chi connectivity index (χ1n) is 4.96.